The fraction of sp³-hybridized carbons (Fsp3) is 0.684. The van der Waals surface area contributed by atoms with Crippen LogP contribution in [-0.4, -0.2) is 78.9 Å². The van der Waals surface area contributed by atoms with Gasteiger partial charge in [-0.3, -0.25) is 4.90 Å². The summed E-state index contributed by atoms with van der Waals surface area (Å²) < 4.78 is 24.2. The van der Waals surface area contributed by atoms with Crippen LogP contribution in [0.25, 0.3) is 0 Å². The zero-order valence-corrected chi connectivity index (χ0v) is 15.2. The van der Waals surface area contributed by atoms with E-state index in [1.807, 2.05) is 0 Å². The van der Waals surface area contributed by atoms with E-state index in [-0.39, 0.29) is 30.6 Å². The maximum Gasteiger partial charge on any atom is 0.123 e. The summed E-state index contributed by atoms with van der Waals surface area (Å²) in [5.74, 6) is -0.250. The lowest BCUT2D eigenvalue weighted by Crippen LogP contribution is -2.53. The number of nitrogens with zero attached hydrogens (tertiary/aromatic N) is 1. The third-order valence-corrected chi connectivity index (χ3v) is 5.39. The molecule has 2 saturated heterocycles. The highest BCUT2D eigenvalue weighted by molar-refractivity contribution is 5.15. The number of hydrogen-bond donors (Lipinski definition) is 3. The molecule has 0 aromatic heterocycles. The summed E-state index contributed by atoms with van der Waals surface area (Å²) in [4.78, 5) is 2.27. The van der Waals surface area contributed by atoms with Crippen molar-refractivity contribution in [2.45, 2.75) is 49.8 Å². The first kappa shape index (κ1) is 19.7. The van der Waals surface area contributed by atoms with Crippen LogP contribution in [0.1, 0.15) is 18.4 Å². The first-order valence-electron chi connectivity index (χ1n) is 9.28. The monoisotopic (exact) mass is 368 g/mol. The van der Waals surface area contributed by atoms with Gasteiger partial charge in [-0.1, -0.05) is 12.1 Å². The molecule has 146 valence electrons. The molecule has 0 aliphatic carbocycles. The van der Waals surface area contributed by atoms with Gasteiger partial charge in [-0.15, -0.1) is 0 Å². The number of aliphatic hydroxyl groups is 2. The lowest BCUT2D eigenvalue weighted by molar-refractivity contribution is -0.0213. The molecule has 2 fully saturated rings. The van der Waals surface area contributed by atoms with Gasteiger partial charge in [-0.25, -0.2) is 4.39 Å². The third kappa shape index (κ3) is 4.42. The Labute approximate surface area is 153 Å². The predicted octanol–water partition coefficient (Wildman–Crippen LogP) is 0.515. The Hall–Kier alpha value is -1.09. The topological polar surface area (TPSA) is 74.2 Å². The van der Waals surface area contributed by atoms with Crippen LogP contribution >= 0.6 is 0 Å². The van der Waals surface area contributed by atoms with Gasteiger partial charge in [0.05, 0.1) is 25.4 Å². The van der Waals surface area contributed by atoms with Gasteiger partial charge in [0.25, 0.3) is 0 Å². The molecule has 1 aromatic rings. The van der Waals surface area contributed by atoms with E-state index < -0.39 is 12.2 Å². The first-order chi connectivity index (χ1) is 12.6. The van der Waals surface area contributed by atoms with Gasteiger partial charge in [0, 0.05) is 26.2 Å². The summed E-state index contributed by atoms with van der Waals surface area (Å²) >= 11 is 0. The number of nitrogens with one attached hydrogen (secondary N) is 1. The van der Waals surface area contributed by atoms with Crippen molar-refractivity contribution in [2.75, 3.05) is 33.4 Å². The molecule has 6 nitrogen and oxygen atoms in total. The van der Waals surface area contributed by atoms with E-state index in [4.69, 9.17) is 9.47 Å². The SMILES string of the molecule is COC[C@@H]1CCCN1[C@H]1[C@H](O)[C@H](CO)O[C@@H]1CNCc1ccc(F)cc1. The van der Waals surface area contributed by atoms with Crippen molar-refractivity contribution >= 4 is 0 Å². The highest BCUT2D eigenvalue weighted by Crippen LogP contribution is 2.31. The standard InChI is InChI=1S/C19H29FN2O4/c1-25-12-15-3-2-8-22(15)18-16(26-17(11-23)19(18)24)10-21-9-13-4-6-14(20)7-5-13/h4-7,15-19,21,23-24H,2-3,8-12H2,1H3/t15-,16+,17-,18+,19+/m0/s1. The zero-order chi connectivity index (χ0) is 18.5. The predicted molar refractivity (Wildman–Crippen MR) is 95.3 cm³/mol. The van der Waals surface area contributed by atoms with E-state index in [1.54, 1.807) is 19.2 Å². The molecular formula is C19H29FN2O4. The molecule has 0 unspecified atom stereocenters. The zero-order valence-electron chi connectivity index (χ0n) is 15.2. The van der Waals surface area contributed by atoms with E-state index in [9.17, 15) is 14.6 Å². The van der Waals surface area contributed by atoms with Gasteiger partial charge in [0.1, 0.15) is 18.0 Å². The molecule has 2 aliphatic heterocycles. The van der Waals surface area contributed by atoms with E-state index in [2.05, 4.69) is 10.2 Å². The Bertz CT molecular complexity index is 559. The average Bonchev–Trinajstić information content (AvgIpc) is 3.21. The minimum Gasteiger partial charge on any atom is -0.394 e. The van der Waals surface area contributed by atoms with Gasteiger partial charge in [0.2, 0.25) is 0 Å². The minimum atomic E-state index is -0.727. The smallest absolute Gasteiger partial charge is 0.123 e. The van der Waals surface area contributed by atoms with Crippen LogP contribution < -0.4 is 5.32 Å². The number of aliphatic hydroxyl groups excluding tert-OH is 2. The highest BCUT2D eigenvalue weighted by atomic mass is 19.1. The van der Waals surface area contributed by atoms with Crippen molar-refractivity contribution in [1.82, 2.24) is 10.2 Å². The molecule has 3 rings (SSSR count). The van der Waals surface area contributed by atoms with Crippen molar-refractivity contribution < 1.29 is 24.1 Å². The van der Waals surface area contributed by atoms with Crippen molar-refractivity contribution in [3.05, 3.63) is 35.6 Å². The Balaban J connectivity index is 1.62. The number of rotatable bonds is 8. The maximum atomic E-state index is 13.0. The quantitative estimate of drug-likeness (QED) is 0.621. The second-order valence-corrected chi connectivity index (χ2v) is 7.12. The summed E-state index contributed by atoms with van der Waals surface area (Å²) in [7, 11) is 1.69. The van der Waals surface area contributed by atoms with Crippen molar-refractivity contribution in [1.29, 1.82) is 0 Å². The molecule has 1 aromatic carbocycles. The van der Waals surface area contributed by atoms with Crippen LogP contribution in [-0.2, 0) is 16.0 Å². The molecule has 0 bridgehead atoms. The molecule has 0 spiro atoms. The normalized spacial score (nSPS) is 32.4. The average molecular weight is 368 g/mol. The highest BCUT2D eigenvalue weighted by Gasteiger charge is 2.48. The van der Waals surface area contributed by atoms with Crippen LogP contribution in [0.15, 0.2) is 24.3 Å². The largest absolute Gasteiger partial charge is 0.394 e. The number of ether oxygens (including phenoxy) is 2. The molecule has 7 heteroatoms. The second kappa shape index (κ2) is 9.21. The minimum absolute atomic E-state index is 0.171. The van der Waals surface area contributed by atoms with Crippen LogP contribution in [0.2, 0.25) is 0 Å². The number of halogens is 1. The molecule has 2 heterocycles. The summed E-state index contributed by atoms with van der Waals surface area (Å²) in [6, 6.07) is 6.47. The Kier molecular flexibility index (Phi) is 6.97. The van der Waals surface area contributed by atoms with Crippen molar-refractivity contribution in [3.8, 4) is 0 Å². The number of likely N-dealkylation sites (tertiary alicyclic amines) is 1. The van der Waals surface area contributed by atoms with Crippen LogP contribution in [0.5, 0.6) is 0 Å². The summed E-state index contributed by atoms with van der Waals surface area (Å²) in [6.07, 6.45) is 0.587. The molecule has 0 saturated carbocycles. The van der Waals surface area contributed by atoms with Gasteiger partial charge in [-0.2, -0.15) is 0 Å². The first-order valence-corrected chi connectivity index (χ1v) is 9.28. The maximum absolute atomic E-state index is 13.0. The van der Waals surface area contributed by atoms with Gasteiger partial charge < -0.3 is 25.0 Å². The van der Waals surface area contributed by atoms with Crippen molar-refractivity contribution in [3.63, 3.8) is 0 Å². The Morgan fingerprint density at radius 3 is 2.77 bits per heavy atom. The molecule has 0 radical (unpaired) electrons. The molecule has 26 heavy (non-hydrogen) atoms. The summed E-state index contributed by atoms with van der Waals surface area (Å²) in [6.45, 7) is 2.46. The summed E-state index contributed by atoms with van der Waals surface area (Å²) in [5, 5.41) is 23.5. The second-order valence-electron chi connectivity index (χ2n) is 7.12. The lowest BCUT2D eigenvalue weighted by Gasteiger charge is -2.34. The lowest BCUT2D eigenvalue weighted by atomic mass is 10.0. The fourth-order valence-electron chi connectivity index (χ4n) is 4.14. The van der Waals surface area contributed by atoms with Crippen LogP contribution in [0.3, 0.4) is 0 Å². The number of methoxy groups -OCH3 is 1. The van der Waals surface area contributed by atoms with E-state index in [0.717, 1.165) is 24.9 Å². The van der Waals surface area contributed by atoms with Gasteiger partial charge in [0.15, 0.2) is 0 Å². The van der Waals surface area contributed by atoms with E-state index in [1.165, 1.54) is 12.1 Å². The summed E-state index contributed by atoms with van der Waals surface area (Å²) in [5.41, 5.74) is 0.985. The van der Waals surface area contributed by atoms with Crippen LogP contribution in [0.4, 0.5) is 4.39 Å². The third-order valence-electron chi connectivity index (χ3n) is 5.39. The number of benzene rings is 1. The molecule has 0 amide bonds. The Morgan fingerprint density at radius 2 is 2.08 bits per heavy atom. The fourth-order valence-corrected chi connectivity index (χ4v) is 4.14. The molecule has 3 N–H and O–H groups in total. The molecule has 2 aliphatic rings. The molecule has 5 atom stereocenters. The van der Waals surface area contributed by atoms with Crippen molar-refractivity contribution in [2.24, 2.45) is 0 Å². The van der Waals surface area contributed by atoms with E-state index >= 15 is 0 Å². The Morgan fingerprint density at radius 1 is 1.31 bits per heavy atom. The van der Waals surface area contributed by atoms with E-state index in [0.29, 0.717) is 19.7 Å². The van der Waals surface area contributed by atoms with Gasteiger partial charge in [-0.05, 0) is 37.1 Å². The van der Waals surface area contributed by atoms with Crippen LogP contribution in [0, 0.1) is 5.82 Å². The van der Waals surface area contributed by atoms with Gasteiger partial charge >= 0.3 is 0 Å². The molecular weight excluding hydrogens is 339 g/mol. The number of hydrogen-bond acceptors (Lipinski definition) is 6.